The fraction of sp³-hybridized carbons (Fsp3) is 0.250. The zero-order valence-electron chi connectivity index (χ0n) is 9.43. The molecule has 0 spiro atoms. The molecule has 19 heavy (non-hydrogen) atoms. The molecule has 1 aliphatic carbocycles. The third kappa shape index (κ3) is 1.69. The van der Waals surface area contributed by atoms with Crippen LogP contribution in [0.5, 0.6) is 0 Å². The van der Waals surface area contributed by atoms with Gasteiger partial charge in [0, 0.05) is 6.42 Å². The molecule has 0 aromatic heterocycles. The van der Waals surface area contributed by atoms with Crippen LogP contribution in [0.3, 0.4) is 0 Å². The van der Waals surface area contributed by atoms with E-state index in [1.54, 1.807) is 12.1 Å². The molecule has 1 saturated carbocycles. The zero-order valence-corrected chi connectivity index (χ0v) is 9.43. The van der Waals surface area contributed by atoms with Crippen LogP contribution in [-0.4, -0.2) is 28.8 Å². The fourth-order valence-electron chi connectivity index (χ4n) is 1.87. The van der Waals surface area contributed by atoms with E-state index >= 15 is 0 Å². The minimum atomic E-state index is -3.10. The van der Waals surface area contributed by atoms with Gasteiger partial charge in [0.2, 0.25) is 0 Å². The first-order chi connectivity index (χ1) is 8.92. The lowest BCUT2D eigenvalue weighted by molar-refractivity contribution is -0.172. The number of hydrogen-bond donors (Lipinski definition) is 0. The van der Waals surface area contributed by atoms with Crippen molar-refractivity contribution < 1.29 is 28.0 Å². The first-order valence-corrected chi connectivity index (χ1v) is 5.49. The molecule has 1 atom stereocenters. The van der Waals surface area contributed by atoms with Gasteiger partial charge in [-0.05, 0) is 12.1 Å². The number of fused-ring (bicyclic) bond motifs is 1. The lowest BCUT2D eigenvalue weighted by atomic mass is 10.1. The average Bonchev–Trinajstić information content (AvgIpc) is 2.96. The summed E-state index contributed by atoms with van der Waals surface area (Å²) in [4.78, 5) is 39.4. The van der Waals surface area contributed by atoms with E-state index in [4.69, 9.17) is 0 Å². The lowest BCUT2D eigenvalue weighted by Crippen LogP contribution is -2.33. The van der Waals surface area contributed by atoms with Crippen LogP contribution in [0.4, 0.5) is 8.78 Å². The highest BCUT2D eigenvalue weighted by Crippen LogP contribution is 2.49. The highest BCUT2D eigenvalue weighted by molar-refractivity contribution is 6.20. The van der Waals surface area contributed by atoms with Crippen LogP contribution in [0.1, 0.15) is 27.1 Å². The largest absolute Gasteiger partial charge is 0.342 e. The first kappa shape index (κ1) is 11.8. The van der Waals surface area contributed by atoms with E-state index in [0.717, 1.165) is 0 Å². The van der Waals surface area contributed by atoms with E-state index in [1.165, 1.54) is 12.1 Å². The van der Waals surface area contributed by atoms with Gasteiger partial charge in [-0.25, -0.2) is 13.6 Å². The van der Waals surface area contributed by atoms with Gasteiger partial charge in [-0.2, -0.15) is 0 Å². The second-order valence-corrected chi connectivity index (χ2v) is 4.38. The molecule has 2 amide bonds. The summed E-state index contributed by atoms with van der Waals surface area (Å²) in [5.41, 5.74) is 0.172. The SMILES string of the molecule is O=C(ON1C(=O)c2ccccc2C1=O)C1CC1(F)F. The van der Waals surface area contributed by atoms with Crippen LogP contribution >= 0.6 is 0 Å². The minimum absolute atomic E-state index is 0.0860. The average molecular weight is 267 g/mol. The Balaban J connectivity index is 1.80. The third-order valence-corrected chi connectivity index (χ3v) is 3.05. The predicted octanol–water partition coefficient (Wildman–Crippen LogP) is 1.40. The summed E-state index contributed by atoms with van der Waals surface area (Å²) in [5.74, 6) is -7.58. The topological polar surface area (TPSA) is 63.7 Å². The monoisotopic (exact) mass is 267 g/mol. The number of hydrogen-bond acceptors (Lipinski definition) is 4. The molecule has 7 heteroatoms. The zero-order chi connectivity index (χ0) is 13.8. The highest BCUT2D eigenvalue weighted by atomic mass is 19.3. The van der Waals surface area contributed by atoms with Gasteiger partial charge in [-0.15, -0.1) is 0 Å². The Bertz CT molecular complexity index is 579. The van der Waals surface area contributed by atoms with Gasteiger partial charge in [-0.1, -0.05) is 17.2 Å². The number of benzene rings is 1. The summed E-state index contributed by atoms with van der Waals surface area (Å²) in [5, 5.41) is 0.237. The van der Waals surface area contributed by atoms with Crippen molar-refractivity contribution in [3.8, 4) is 0 Å². The number of carbonyl (C=O) groups is 3. The molecule has 98 valence electrons. The second-order valence-electron chi connectivity index (χ2n) is 4.38. The Labute approximate surface area is 105 Å². The maximum Gasteiger partial charge on any atom is 0.342 e. The van der Waals surface area contributed by atoms with Crippen molar-refractivity contribution in [3.63, 3.8) is 0 Å². The van der Waals surface area contributed by atoms with E-state index in [9.17, 15) is 23.2 Å². The first-order valence-electron chi connectivity index (χ1n) is 5.49. The number of rotatable bonds is 2. The van der Waals surface area contributed by atoms with E-state index < -0.39 is 36.0 Å². The molecule has 1 unspecified atom stereocenters. The highest BCUT2D eigenvalue weighted by Gasteiger charge is 2.63. The molecule has 0 saturated heterocycles. The molecule has 1 aromatic rings. The van der Waals surface area contributed by atoms with Gasteiger partial charge in [0.15, 0.2) is 0 Å². The third-order valence-electron chi connectivity index (χ3n) is 3.05. The summed E-state index contributed by atoms with van der Waals surface area (Å²) < 4.78 is 25.4. The minimum Gasteiger partial charge on any atom is -0.329 e. The quantitative estimate of drug-likeness (QED) is 0.760. The molecule has 2 aliphatic rings. The molecule has 5 nitrogen and oxygen atoms in total. The van der Waals surface area contributed by atoms with Gasteiger partial charge in [0.25, 0.3) is 17.7 Å². The van der Waals surface area contributed by atoms with Crippen LogP contribution < -0.4 is 0 Å². The van der Waals surface area contributed by atoms with Crippen LogP contribution in [0, 0.1) is 5.92 Å². The number of imide groups is 1. The molecular formula is C12H7F2NO4. The number of hydroxylamine groups is 2. The summed E-state index contributed by atoms with van der Waals surface area (Å²) in [6.07, 6.45) is -0.616. The van der Waals surface area contributed by atoms with Gasteiger partial charge < -0.3 is 4.84 Å². The Kier molecular flexibility index (Phi) is 2.23. The summed E-state index contributed by atoms with van der Waals surface area (Å²) in [6.45, 7) is 0. The van der Waals surface area contributed by atoms with Gasteiger partial charge in [-0.3, -0.25) is 9.59 Å². The van der Waals surface area contributed by atoms with Crippen molar-refractivity contribution in [1.82, 2.24) is 5.06 Å². The normalized spacial score (nSPS) is 23.3. The molecule has 0 radical (unpaired) electrons. The van der Waals surface area contributed by atoms with Crippen LogP contribution in [-0.2, 0) is 9.63 Å². The molecule has 1 fully saturated rings. The maximum atomic E-state index is 12.7. The van der Waals surface area contributed by atoms with E-state index in [2.05, 4.69) is 4.84 Å². The van der Waals surface area contributed by atoms with Crippen molar-refractivity contribution in [3.05, 3.63) is 35.4 Å². The summed E-state index contributed by atoms with van der Waals surface area (Å²) >= 11 is 0. The molecule has 3 rings (SSSR count). The van der Waals surface area contributed by atoms with Gasteiger partial charge in [0.05, 0.1) is 11.1 Å². The number of amides is 2. The predicted molar refractivity (Wildman–Crippen MR) is 56.1 cm³/mol. The Morgan fingerprint density at radius 3 is 2.11 bits per heavy atom. The molecule has 0 N–H and O–H groups in total. The standard InChI is InChI=1S/C12H7F2NO4/c13-12(14)5-8(12)11(18)19-15-9(16)6-3-1-2-4-7(6)10(15)17/h1-4,8H,5H2. The van der Waals surface area contributed by atoms with Crippen LogP contribution in [0.15, 0.2) is 24.3 Å². The van der Waals surface area contributed by atoms with Gasteiger partial charge in [0.1, 0.15) is 5.92 Å². The van der Waals surface area contributed by atoms with E-state index in [-0.39, 0.29) is 16.2 Å². The summed E-state index contributed by atoms with van der Waals surface area (Å²) in [7, 11) is 0. The molecule has 1 aromatic carbocycles. The molecule has 1 heterocycles. The fourth-order valence-corrected chi connectivity index (χ4v) is 1.87. The van der Waals surface area contributed by atoms with E-state index in [1.807, 2.05) is 0 Å². The molecule has 1 aliphatic heterocycles. The number of carbonyl (C=O) groups excluding carboxylic acids is 3. The van der Waals surface area contributed by atoms with Crippen LogP contribution in [0.2, 0.25) is 0 Å². The van der Waals surface area contributed by atoms with Gasteiger partial charge >= 0.3 is 5.97 Å². The Morgan fingerprint density at radius 1 is 1.21 bits per heavy atom. The van der Waals surface area contributed by atoms with Crippen molar-refractivity contribution in [1.29, 1.82) is 0 Å². The summed E-state index contributed by atoms with van der Waals surface area (Å²) in [6, 6.07) is 5.89. The van der Waals surface area contributed by atoms with Crippen molar-refractivity contribution in [2.75, 3.05) is 0 Å². The maximum absolute atomic E-state index is 12.7. The number of halogens is 2. The second kappa shape index (κ2) is 3.59. The van der Waals surface area contributed by atoms with Crippen LogP contribution in [0.25, 0.3) is 0 Å². The smallest absolute Gasteiger partial charge is 0.329 e. The Hall–Kier alpha value is -2.31. The Morgan fingerprint density at radius 2 is 1.68 bits per heavy atom. The van der Waals surface area contributed by atoms with Crippen molar-refractivity contribution in [2.24, 2.45) is 5.92 Å². The van der Waals surface area contributed by atoms with E-state index in [0.29, 0.717) is 0 Å². The number of alkyl halides is 2. The van der Waals surface area contributed by atoms with Crippen molar-refractivity contribution in [2.45, 2.75) is 12.3 Å². The molecule has 0 bridgehead atoms. The lowest BCUT2D eigenvalue weighted by Gasteiger charge is -2.12. The molecular weight excluding hydrogens is 260 g/mol. The number of nitrogens with zero attached hydrogens (tertiary/aromatic N) is 1. The van der Waals surface area contributed by atoms with Crippen molar-refractivity contribution >= 4 is 17.8 Å².